The van der Waals surface area contributed by atoms with E-state index in [0.29, 0.717) is 18.2 Å². The van der Waals surface area contributed by atoms with E-state index in [2.05, 4.69) is 17.1 Å². The third kappa shape index (κ3) is 3.86. The van der Waals surface area contributed by atoms with Crippen molar-refractivity contribution in [2.45, 2.75) is 19.5 Å². The van der Waals surface area contributed by atoms with Crippen molar-refractivity contribution in [3.63, 3.8) is 0 Å². The van der Waals surface area contributed by atoms with Crippen LogP contribution in [0.4, 0.5) is 10.1 Å². The number of benzene rings is 1. The Morgan fingerprint density at radius 2 is 2.32 bits per heavy atom. The summed E-state index contributed by atoms with van der Waals surface area (Å²) in [5, 5.41) is 13.8. The van der Waals surface area contributed by atoms with Crippen LogP contribution in [-0.2, 0) is 6.54 Å². The van der Waals surface area contributed by atoms with Crippen molar-refractivity contribution in [1.82, 2.24) is 10.2 Å². The lowest BCUT2D eigenvalue weighted by Crippen LogP contribution is -2.49. The molecule has 1 atom stereocenters. The van der Waals surface area contributed by atoms with Crippen LogP contribution in [0.5, 0.6) is 0 Å². The average molecular weight is 290 g/mol. The molecule has 1 aliphatic rings. The van der Waals surface area contributed by atoms with Gasteiger partial charge in [-0.3, -0.25) is 15.0 Å². The number of nitro groups is 1. The molecule has 1 aromatic rings. The van der Waals surface area contributed by atoms with Crippen molar-refractivity contribution >= 4 is 18.1 Å². The van der Waals surface area contributed by atoms with E-state index in [4.69, 9.17) is 0 Å². The van der Waals surface area contributed by atoms with Gasteiger partial charge in [-0.1, -0.05) is 0 Å². The van der Waals surface area contributed by atoms with Crippen molar-refractivity contribution in [2.24, 2.45) is 0 Å². The van der Waals surface area contributed by atoms with Crippen LogP contribution in [0.1, 0.15) is 12.5 Å². The fraction of sp³-hybridized carbons (Fsp3) is 0.500. The molecule has 0 amide bonds. The van der Waals surface area contributed by atoms with Crippen LogP contribution in [-0.4, -0.2) is 35.5 Å². The Morgan fingerprint density at radius 3 is 2.89 bits per heavy atom. The zero-order valence-electron chi connectivity index (χ0n) is 10.6. The first-order chi connectivity index (χ1) is 8.58. The number of halogens is 2. The number of nitro benzene ring substituents is 1. The minimum Gasteiger partial charge on any atom is -0.314 e. The summed E-state index contributed by atoms with van der Waals surface area (Å²) in [5.74, 6) is -0.505. The summed E-state index contributed by atoms with van der Waals surface area (Å²) in [6, 6.07) is 4.18. The Kier molecular flexibility index (Phi) is 5.65. The highest BCUT2D eigenvalue weighted by molar-refractivity contribution is 5.85. The first-order valence-electron chi connectivity index (χ1n) is 5.95. The molecule has 1 heterocycles. The zero-order chi connectivity index (χ0) is 13.1. The Morgan fingerprint density at radius 1 is 1.58 bits per heavy atom. The minimum atomic E-state index is -0.583. The highest BCUT2D eigenvalue weighted by atomic mass is 35.5. The molecule has 0 aromatic heterocycles. The second kappa shape index (κ2) is 6.79. The molecule has 106 valence electrons. The van der Waals surface area contributed by atoms with E-state index in [9.17, 15) is 14.5 Å². The maximum atomic E-state index is 13.7. The Hall–Kier alpha value is -1.24. The smallest absolute Gasteiger partial charge is 0.272 e. The molecule has 7 heteroatoms. The van der Waals surface area contributed by atoms with E-state index < -0.39 is 10.7 Å². The predicted molar refractivity (Wildman–Crippen MR) is 73.0 cm³/mol. The lowest BCUT2D eigenvalue weighted by molar-refractivity contribution is -0.385. The van der Waals surface area contributed by atoms with Gasteiger partial charge in [-0.05, 0) is 13.0 Å². The molecule has 1 N–H and O–H groups in total. The summed E-state index contributed by atoms with van der Waals surface area (Å²) >= 11 is 0. The van der Waals surface area contributed by atoms with Crippen molar-refractivity contribution in [1.29, 1.82) is 0 Å². The quantitative estimate of drug-likeness (QED) is 0.682. The van der Waals surface area contributed by atoms with Gasteiger partial charge in [0.2, 0.25) is 0 Å². The molecule has 1 fully saturated rings. The Bertz CT molecular complexity index is 459. The minimum absolute atomic E-state index is 0. The second-order valence-electron chi connectivity index (χ2n) is 4.56. The molecule has 0 bridgehead atoms. The molecule has 19 heavy (non-hydrogen) atoms. The van der Waals surface area contributed by atoms with E-state index in [0.717, 1.165) is 25.7 Å². The number of rotatable bonds is 3. The van der Waals surface area contributed by atoms with Gasteiger partial charge in [0.1, 0.15) is 5.82 Å². The van der Waals surface area contributed by atoms with Gasteiger partial charge in [0.15, 0.2) is 0 Å². The summed E-state index contributed by atoms with van der Waals surface area (Å²) in [5.41, 5.74) is 0.305. The standard InChI is InChI=1S/C12H16FN3O2.ClH/c1-9-7-14-4-5-15(9)8-10-2-3-11(16(17)18)6-12(10)13;/h2-3,6,9,14H,4-5,7-8H2,1H3;1H/t9-;/m1./s1. The summed E-state index contributed by atoms with van der Waals surface area (Å²) in [6.45, 7) is 5.20. The summed E-state index contributed by atoms with van der Waals surface area (Å²) in [6.07, 6.45) is 0. The molecule has 0 saturated carbocycles. The van der Waals surface area contributed by atoms with Crippen LogP contribution in [0, 0.1) is 15.9 Å². The van der Waals surface area contributed by atoms with Gasteiger partial charge in [0.25, 0.3) is 5.69 Å². The van der Waals surface area contributed by atoms with Crippen LogP contribution < -0.4 is 5.32 Å². The second-order valence-corrected chi connectivity index (χ2v) is 4.56. The summed E-state index contributed by atoms with van der Waals surface area (Å²) in [4.78, 5) is 12.1. The maximum Gasteiger partial charge on any atom is 0.272 e. The molecule has 1 saturated heterocycles. The van der Waals surface area contributed by atoms with Crippen LogP contribution in [0.3, 0.4) is 0 Å². The van der Waals surface area contributed by atoms with Crippen LogP contribution in [0.25, 0.3) is 0 Å². The van der Waals surface area contributed by atoms with E-state index >= 15 is 0 Å². The highest BCUT2D eigenvalue weighted by Crippen LogP contribution is 2.19. The van der Waals surface area contributed by atoms with Crippen LogP contribution in [0.2, 0.25) is 0 Å². The molecular weight excluding hydrogens is 273 g/mol. The number of hydrogen-bond acceptors (Lipinski definition) is 4. The van der Waals surface area contributed by atoms with Gasteiger partial charge in [0, 0.05) is 43.9 Å². The molecular formula is C12H17ClFN3O2. The number of non-ortho nitro benzene ring substituents is 1. The Labute approximate surface area is 117 Å². The van der Waals surface area contributed by atoms with E-state index in [1.54, 1.807) is 0 Å². The molecule has 0 unspecified atom stereocenters. The van der Waals surface area contributed by atoms with E-state index in [1.807, 2.05) is 0 Å². The third-order valence-electron chi connectivity index (χ3n) is 3.26. The first kappa shape index (κ1) is 15.8. The predicted octanol–water partition coefficient (Wildman–Crippen LogP) is 1.95. The monoisotopic (exact) mass is 289 g/mol. The fourth-order valence-electron chi connectivity index (χ4n) is 2.11. The van der Waals surface area contributed by atoms with Gasteiger partial charge in [-0.15, -0.1) is 12.4 Å². The lowest BCUT2D eigenvalue weighted by atomic mass is 10.1. The van der Waals surface area contributed by atoms with Crippen molar-refractivity contribution in [3.8, 4) is 0 Å². The van der Waals surface area contributed by atoms with E-state index in [-0.39, 0.29) is 18.1 Å². The molecule has 0 spiro atoms. The van der Waals surface area contributed by atoms with Gasteiger partial charge in [-0.25, -0.2) is 4.39 Å². The third-order valence-corrected chi connectivity index (χ3v) is 3.26. The molecule has 1 aliphatic heterocycles. The van der Waals surface area contributed by atoms with E-state index in [1.165, 1.54) is 12.1 Å². The van der Waals surface area contributed by atoms with Gasteiger partial charge < -0.3 is 5.32 Å². The average Bonchev–Trinajstić information content (AvgIpc) is 2.34. The van der Waals surface area contributed by atoms with Crippen LogP contribution in [0.15, 0.2) is 18.2 Å². The van der Waals surface area contributed by atoms with Crippen LogP contribution >= 0.6 is 12.4 Å². The highest BCUT2D eigenvalue weighted by Gasteiger charge is 2.20. The van der Waals surface area contributed by atoms with Gasteiger partial charge in [-0.2, -0.15) is 0 Å². The summed E-state index contributed by atoms with van der Waals surface area (Å²) in [7, 11) is 0. The SMILES string of the molecule is C[C@@H]1CNCCN1Cc1ccc([N+](=O)[O-])cc1F.Cl. The lowest BCUT2D eigenvalue weighted by Gasteiger charge is -2.33. The molecule has 0 aliphatic carbocycles. The number of hydrogen-bond donors (Lipinski definition) is 1. The zero-order valence-corrected chi connectivity index (χ0v) is 11.5. The molecule has 5 nitrogen and oxygen atoms in total. The largest absolute Gasteiger partial charge is 0.314 e. The number of nitrogens with one attached hydrogen (secondary N) is 1. The van der Waals surface area contributed by atoms with Gasteiger partial charge >= 0.3 is 0 Å². The van der Waals surface area contributed by atoms with Crippen molar-refractivity contribution in [3.05, 3.63) is 39.7 Å². The topological polar surface area (TPSA) is 58.4 Å². The van der Waals surface area contributed by atoms with Crippen molar-refractivity contribution in [2.75, 3.05) is 19.6 Å². The number of nitrogens with zero attached hydrogens (tertiary/aromatic N) is 2. The first-order valence-corrected chi connectivity index (χ1v) is 5.95. The normalized spacial score (nSPS) is 19.8. The Balaban J connectivity index is 0.00000180. The molecule has 0 radical (unpaired) electrons. The van der Waals surface area contributed by atoms with Gasteiger partial charge in [0.05, 0.1) is 11.0 Å². The fourth-order valence-corrected chi connectivity index (χ4v) is 2.11. The summed E-state index contributed by atoms with van der Waals surface area (Å²) < 4.78 is 13.7. The molecule has 1 aromatic carbocycles. The maximum absolute atomic E-state index is 13.7. The van der Waals surface area contributed by atoms with Crippen molar-refractivity contribution < 1.29 is 9.31 Å². The number of piperazine rings is 1. The molecule has 2 rings (SSSR count).